The quantitative estimate of drug-likeness (QED) is 0.834. The number of nitrogen functional groups attached to an aromatic ring is 1. The van der Waals surface area contributed by atoms with Crippen molar-refractivity contribution < 1.29 is 0 Å². The second-order valence-electron chi connectivity index (χ2n) is 5.16. The lowest BCUT2D eigenvalue weighted by molar-refractivity contribution is 0.341. The van der Waals surface area contributed by atoms with Gasteiger partial charge in [-0.1, -0.05) is 24.4 Å². The maximum absolute atomic E-state index is 6.03. The van der Waals surface area contributed by atoms with Crippen molar-refractivity contribution in [2.24, 2.45) is 5.92 Å². The van der Waals surface area contributed by atoms with Gasteiger partial charge in [-0.05, 0) is 31.2 Å². The average Bonchev–Trinajstić information content (AvgIpc) is 2.73. The third kappa shape index (κ3) is 1.97. The molecule has 0 amide bonds. The molecule has 17 heavy (non-hydrogen) atoms. The van der Waals surface area contributed by atoms with Gasteiger partial charge in [0.1, 0.15) is 0 Å². The van der Waals surface area contributed by atoms with E-state index in [-0.39, 0.29) is 0 Å². The van der Waals surface area contributed by atoms with E-state index < -0.39 is 0 Å². The fourth-order valence-electron chi connectivity index (χ4n) is 3.36. The van der Waals surface area contributed by atoms with Gasteiger partial charge in [-0.25, -0.2) is 4.98 Å². The number of hydrogen-bond acceptors (Lipinski definition) is 3. The molecule has 92 valence electrons. The van der Waals surface area contributed by atoms with E-state index in [4.69, 9.17) is 17.3 Å². The Labute approximate surface area is 107 Å². The molecule has 1 aliphatic heterocycles. The van der Waals surface area contributed by atoms with Crippen molar-refractivity contribution in [3.63, 3.8) is 0 Å². The Morgan fingerprint density at radius 1 is 1.29 bits per heavy atom. The van der Waals surface area contributed by atoms with Crippen LogP contribution in [0.2, 0.25) is 5.02 Å². The molecule has 0 bridgehead atoms. The minimum absolute atomic E-state index is 0.616. The standard InChI is InChI=1S/C13H18ClN3/c14-10-7-11(15)13(16-8-10)17-6-5-9-3-1-2-4-12(9)17/h7-9,12H,1-6,15H2. The number of anilines is 2. The fraction of sp³-hybridized carbons (Fsp3) is 0.615. The predicted octanol–water partition coefficient (Wildman–Crippen LogP) is 3.09. The summed E-state index contributed by atoms with van der Waals surface area (Å²) in [5.41, 5.74) is 6.75. The SMILES string of the molecule is Nc1cc(Cl)cnc1N1CCC2CCCCC21. The summed E-state index contributed by atoms with van der Waals surface area (Å²) in [6.07, 6.45) is 8.37. The summed E-state index contributed by atoms with van der Waals surface area (Å²) >= 11 is 5.90. The lowest BCUT2D eigenvalue weighted by Crippen LogP contribution is -2.35. The van der Waals surface area contributed by atoms with E-state index in [0.717, 1.165) is 18.3 Å². The molecule has 1 saturated carbocycles. The Morgan fingerprint density at radius 2 is 2.12 bits per heavy atom. The van der Waals surface area contributed by atoms with Crippen LogP contribution in [-0.4, -0.2) is 17.6 Å². The summed E-state index contributed by atoms with van der Waals surface area (Å²) < 4.78 is 0. The van der Waals surface area contributed by atoms with Gasteiger partial charge in [-0.2, -0.15) is 0 Å². The molecule has 4 heteroatoms. The third-order valence-electron chi connectivity index (χ3n) is 4.14. The highest BCUT2D eigenvalue weighted by atomic mass is 35.5. The monoisotopic (exact) mass is 251 g/mol. The first-order valence-corrected chi connectivity index (χ1v) is 6.81. The van der Waals surface area contributed by atoms with Crippen molar-refractivity contribution in [1.82, 2.24) is 4.98 Å². The molecular formula is C13H18ClN3. The van der Waals surface area contributed by atoms with Crippen LogP contribution in [0, 0.1) is 5.92 Å². The molecular weight excluding hydrogens is 234 g/mol. The van der Waals surface area contributed by atoms with Crippen molar-refractivity contribution in [2.75, 3.05) is 17.2 Å². The minimum Gasteiger partial charge on any atom is -0.396 e. The summed E-state index contributed by atoms with van der Waals surface area (Å²) in [5.74, 6) is 1.78. The Balaban J connectivity index is 1.88. The number of nitrogens with two attached hydrogens (primary N) is 1. The lowest BCUT2D eigenvalue weighted by Gasteiger charge is -2.32. The molecule has 0 radical (unpaired) electrons. The van der Waals surface area contributed by atoms with Crippen LogP contribution in [0.4, 0.5) is 11.5 Å². The van der Waals surface area contributed by atoms with Crippen LogP contribution in [0.1, 0.15) is 32.1 Å². The van der Waals surface area contributed by atoms with E-state index in [2.05, 4.69) is 9.88 Å². The van der Waals surface area contributed by atoms with E-state index in [0.29, 0.717) is 16.8 Å². The van der Waals surface area contributed by atoms with Gasteiger partial charge in [-0.3, -0.25) is 0 Å². The zero-order valence-corrected chi connectivity index (χ0v) is 10.7. The van der Waals surface area contributed by atoms with Gasteiger partial charge in [0.2, 0.25) is 0 Å². The molecule has 3 rings (SSSR count). The number of pyridine rings is 1. The van der Waals surface area contributed by atoms with Crippen molar-refractivity contribution >= 4 is 23.1 Å². The van der Waals surface area contributed by atoms with E-state index in [1.807, 2.05) is 0 Å². The highest BCUT2D eigenvalue weighted by Crippen LogP contribution is 2.39. The molecule has 2 atom stereocenters. The largest absolute Gasteiger partial charge is 0.396 e. The number of aromatic nitrogens is 1. The van der Waals surface area contributed by atoms with Crippen molar-refractivity contribution in [3.05, 3.63) is 17.3 Å². The first kappa shape index (κ1) is 11.1. The predicted molar refractivity (Wildman–Crippen MR) is 71.4 cm³/mol. The zero-order chi connectivity index (χ0) is 11.8. The molecule has 1 aromatic rings. The molecule has 2 unspecified atom stereocenters. The number of fused-ring (bicyclic) bond motifs is 1. The van der Waals surface area contributed by atoms with Crippen molar-refractivity contribution in [3.8, 4) is 0 Å². The van der Waals surface area contributed by atoms with Crippen molar-refractivity contribution in [1.29, 1.82) is 0 Å². The zero-order valence-electron chi connectivity index (χ0n) is 9.90. The summed E-state index contributed by atoms with van der Waals surface area (Å²) in [7, 11) is 0. The normalized spacial score (nSPS) is 28.2. The molecule has 1 saturated heterocycles. The third-order valence-corrected chi connectivity index (χ3v) is 4.35. The fourth-order valence-corrected chi connectivity index (χ4v) is 3.52. The Kier molecular flexibility index (Phi) is 2.87. The molecule has 2 fully saturated rings. The highest BCUT2D eigenvalue weighted by molar-refractivity contribution is 6.30. The smallest absolute Gasteiger partial charge is 0.152 e. The average molecular weight is 252 g/mol. The number of nitrogens with zero attached hydrogens (tertiary/aromatic N) is 2. The maximum atomic E-state index is 6.03. The van der Waals surface area contributed by atoms with Gasteiger partial charge in [0.15, 0.2) is 5.82 Å². The Hall–Kier alpha value is -0.960. The summed E-state index contributed by atoms with van der Waals surface area (Å²) in [6, 6.07) is 2.46. The first-order valence-electron chi connectivity index (χ1n) is 6.43. The van der Waals surface area contributed by atoms with Gasteiger partial charge < -0.3 is 10.6 Å². The van der Waals surface area contributed by atoms with E-state index in [1.54, 1.807) is 12.3 Å². The van der Waals surface area contributed by atoms with Crippen LogP contribution < -0.4 is 10.6 Å². The number of hydrogen-bond donors (Lipinski definition) is 1. The van der Waals surface area contributed by atoms with Crippen LogP contribution in [0.3, 0.4) is 0 Å². The van der Waals surface area contributed by atoms with E-state index in [1.165, 1.54) is 32.1 Å². The van der Waals surface area contributed by atoms with Gasteiger partial charge >= 0.3 is 0 Å². The van der Waals surface area contributed by atoms with E-state index in [9.17, 15) is 0 Å². The lowest BCUT2D eigenvalue weighted by atomic mass is 9.85. The van der Waals surface area contributed by atoms with Crippen LogP contribution in [0.15, 0.2) is 12.3 Å². The van der Waals surface area contributed by atoms with Gasteiger partial charge in [0.25, 0.3) is 0 Å². The van der Waals surface area contributed by atoms with Crippen LogP contribution in [0.25, 0.3) is 0 Å². The summed E-state index contributed by atoms with van der Waals surface area (Å²) in [5, 5.41) is 0.616. The minimum atomic E-state index is 0.616. The molecule has 2 N–H and O–H groups in total. The van der Waals surface area contributed by atoms with Crippen LogP contribution in [0.5, 0.6) is 0 Å². The molecule has 1 aliphatic carbocycles. The molecule has 3 nitrogen and oxygen atoms in total. The van der Waals surface area contributed by atoms with Crippen LogP contribution in [-0.2, 0) is 0 Å². The molecule has 1 aromatic heterocycles. The molecule has 2 aliphatic rings. The summed E-state index contributed by atoms with van der Waals surface area (Å²) in [4.78, 5) is 6.82. The van der Waals surface area contributed by atoms with Crippen molar-refractivity contribution in [2.45, 2.75) is 38.1 Å². The van der Waals surface area contributed by atoms with Gasteiger partial charge in [0.05, 0.1) is 10.7 Å². The maximum Gasteiger partial charge on any atom is 0.152 e. The van der Waals surface area contributed by atoms with Gasteiger partial charge in [-0.15, -0.1) is 0 Å². The highest BCUT2D eigenvalue weighted by Gasteiger charge is 2.36. The molecule has 0 aromatic carbocycles. The molecule has 2 heterocycles. The number of rotatable bonds is 1. The Bertz CT molecular complexity index is 421. The second-order valence-corrected chi connectivity index (χ2v) is 5.60. The molecule has 0 spiro atoms. The summed E-state index contributed by atoms with van der Waals surface area (Å²) in [6.45, 7) is 1.09. The Morgan fingerprint density at radius 3 is 2.94 bits per heavy atom. The van der Waals surface area contributed by atoms with Crippen LogP contribution >= 0.6 is 11.6 Å². The second kappa shape index (κ2) is 4.37. The topological polar surface area (TPSA) is 42.1 Å². The van der Waals surface area contributed by atoms with Gasteiger partial charge in [0, 0.05) is 18.8 Å². The van der Waals surface area contributed by atoms with E-state index >= 15 is 0 Å². The first-order chi connectivity index (χ1) is 8.25. The number of halogens is 1.